The van der Waals surface area contributed by atoms with Gasteiger partial charge in [0.05, 0.1) is 41.8 Å². The van der Waals surface area contributed by atoms with Gasteiger partial charge in [0.15, 0.2) is 5.65 Å². The number of hydrogen-bond donors (Lipinski definition) is 1. The topological polar surface area (TPSA) is 91.0 Å². The first-order valence-corrected chi connectivity index (χ1v) is 10.1. The van der Waals surface area contributed by atoms with Gasteiger partial charge in [-0.15, -0.1) is 0 Å². The number of esters is 1. The number of rotatable bonds is 4. The van der Waals surface area contributed by atoms with Crippen LogP contribution in [0.15, 0.2) is 65.7 Å². The van der Waals surface area contributed by atoms with Gasteiger partial charge in [-0.05, 0) is 49.4 Å². The summed E-state index contributed by atoms with van der Waals surface area (Å²) < 4.78 is 8.18. The van der Waals surface area contributed by atoms with Gasteiger partial charge in [0.2, 0.25) is 0 Å². The van der Waals surface area contributed by atoms with Crippen LogP contribution in [0.4, 0.5) is 0 Å². The van der Waals surface area contributed by atoms with Crippen LogP contribution in [0.1, 0.15) is 22.8 Å². The van der Waals surface area contributed by atoms with Crippen LogP contribution < -0.4 is 11.0 Å². The van der Waals surface area contributed by atoms with Crippen molar-refractivity contribution in [3.63, 3.8) is 0 Å². The summed E-state index contributed by atoms with van der Waals surface area (Å²) in [6.45, 7) is 1.65. The van der Waals surface area contributed by atoms with E-state index in [1.807, 2.05) is 36.4 Å². The van der Waals surface area contributed by atoms with Gasteiger partial charge in [-0.3, -0.25) is 14.1 Å². The zero-order chi connectivity index (χ0) is 21.4. The third kappa shape index (κ3) is 3.30. The standard InChI is InChI=1S/C23H21N5O3/c1-31-22(29)16-6-4-15(5-7-16)19-9-8-17(14-26-19)27-20-3-2-11-25-21(20)28(23(27)30)18-10-12-24-13-18/h2-9,11,14,18,24H,10,12-13H2,1H3/t18-/m1/s1. The number of imidazole rings is 1. The van der Waals surface area contributed by atoms with Crippen molar-refractivity contribution in [1.29, 1.82) is 0 Å². The number of fused-ring (bicyclic) bond motifs is 1. The van der Waals surface area contributed by atoms with Gasteiger partial charge >= 0.3 is 11.7 Å². The van der Waals surface area contributed by atoms with Crippen LogP contribution in [0, 0.1) is 0 Å². The van der Waals surface area contributed by atoms with E-state index in [1.165, 1.54) is 7.11 Å². The maximum absolute atomic E-state index is 13.3. The zero-order valence-electron chi connectivity index (χ0n) is 17.0. The van der Waals surface area contributed by atoms with Crippen LogP contribution in [0.5, 0.6) is 0 Å². The molecular weight excluding hydrogens is 394 g/mol. The van der Waals surface area contributed by atoms with Crippen LogP contribution >= 0.6 is 0 Å². The minimum absolute atomic E-state index is 0.0895. The molecule has 3 aromatic heterocycles. The normalized spacial score (nSPS) is 16.0. The van der Waals surface area contributed by atoms with Crippen molar-refractivity contribution in [2.75, 3.05) is 20.2 Å². The van der Waals surface area contributed by atoms with Gasteiger partial charge in [-0.2, -0.15) is 0 Å². The lowest BCUT2D eigenvalue weighted by Gasteiger charge is -2.09. The molecule has 8 nitrogen and oxygen atoms in total. The molecule has 0 bridgehead atoms. The molecule has 1 atom stereocenters. The second-order valence-electron chi connectivity index (χ2n) is 7.45. The van der Waals surface area contributed by atoms with E-state index in [1.54, 1.807) is 33.7 Å². The van der Waals surface area contributed by atoms with Crippen molar-refractivity contribution < 1.29 is 9.53 Å². The predicted octanol–water partition coefficient (Wildman–Crippen LogP) is 2.57. The number of carbonyl (C=O) groups is 1. The summed E-state index contributed by atoms with van der Waals surface area (Å²) >= 11 is 0. The minimum Gasteiger partial charge on any atom is -0.465 e. The van der Waals surface area contributed by atoms with Crippen LogP contribution in [-0.2, 0) is 4.74 Å². The number of nitrogens with one attached hydrogen (secondary N) is 1. The van der Waals surface area contributed by atoms with Gasteiger partial charge in [0.25, 0.3) is 0 Å². The zero-order valence-corrected chi connectivity index (χ0v) is 17.0. The Labute approximate surface area is 178 Å². The first kappa shape index (κ1) is 19.2. The SMILES string of the molecule is COC(=O)c1ccc(-c2ccc(-n3c(=O)n([C@@H]4CCNC4)c4ncccc43)cn2)cc1. The van der Waals surface area contributed by atoms with E-state index in [9.17, 15) is 9.59 Å². The molecule has 0 aliphatic carbocycles. The van der Waals surface area contributed by atoms with Crippen LogP contribution in [0.2, 0.25) is 0 Å². The molecule has 1 aromatic carbocycles. The van der Waals surface area contributed by atoms with Crippen molar-refractivity contribution in [3.8, 4) is 16.9 Å². The number of ether oxygens (including phenoxy) is 1. The molecule has 0 amide bonds. The predicted molar refractivity (Wildman–Crippen MR) is 116 cm³/mol. The lowest BCUT2D eigenvalue weighted by atomic mass is 10.1. The minimum atomic E-state index is -0.378. The lowest BCUT2D eigenvalue weighted by Crippen LogP contribution is -2.28. The average Bonchev–Trinajstić information content (AvgIpc) is 3.44. The molecule has 0 radical (unpaired) electrons. The number of carbonyl (C=O) groups excluding carboxylic acids is 1. The monoisotopic (exact) mass is 415 g/mol. The Hall–Kier alpha value is -3.78. The summed E-state index contributed by atoms with van der Waals surface area (Å²) in [6, 6.07) is 14.6. The molecule has 4 aromatic rings. The number of hydrogen-bond acceptors (Lipinski definition) is 6. The Balaban J connectivity index is 1.54. The molecule has 0 spiro atoms. The molecule has 0 unspecified atom stereocenters. The summed E-state index contributed by atoms with van der Waals surface area (Å²) in [5.74, 6) is -0.378. The summed E-state index contributed by atoms with van der Waals surface area (Å²) in [6.07, 6.45) is 4.30. The van der Waals surface area contributed by atoms with Crippen LogP contribution in [0.25, 0.3) is 28.1 Å². The largest absolute Gasteiger partial charge is 0.465 e. The maximum Gasteiger partial charge on any atom is 0.337 e. The number of nitrogens with zero attached hydrogens (tertiary/aromatic N) is 4. The quantitative estimate of drug-likeness (QED) is 0.515. The van der Waals surface area contributed by atoms with E-state index < -0.39 is 0 Å². The summed E-state index contributed by atoms with van der Waals surface area (Å²) in [7, 11) is 1.36. The highest BCUT2D eigenvalue weighted by Crippen LogP contribution is 2.23. The molecule has 4 heterocycles. The molecule has 156 valence electrons. The molecule has 1 saturated heterocycles. The Morgan fingerprint density at radius 3 is 2.65 bits per heavy atom. The van der Waals surface area contributed by atoms with E-state index in [0.717, 1.165) is 36.3 Å². The fraction of sp³-hybridized carbons (Fsp3) is 0.217. The van der Waals surface area contributed by atoms with E-state index >= 15 is 0 Å². The van der Waals surface area contributed by atoms with Crippen molar-refractivity contribution >= 4 is 17.1 Å². The molecule has 1 N–H and O–H groups in total. The highest BCUT2D eigenvalue weighted by atomic mass is 16.5. The summed E-state index contributed by atoms with van der Waals surface area (Å²) in [5, 5.41) is 3.31. The number of pyridine rings is 2. The molecule has 1 fully saturated rings. The Kier molecular flexibility index (Phi) is 4.83. The molecule has 31 heavy (non-hydrogen) atoms. The number of aromatic nitrogens is 4. The Morgan fingerprint density at radius 1 is 1.13 bits per heavy atom. The molecule has 5 rings (SSSR count). The first-order valence-electron chi connectivity index (χ1n) is 10.1. The van der Waals surface area contributed by atoms with E-state index in [0.29, 0.717) is 16.9 Å². The second kappa shape index (κ2) is 7.81. The Bertz CT molecular complexity index is 1300. The molecule has 8 heteroatoms. The molecule has 0 saturated carbocycles. The third-order valence-corrected chi connectivity index (χ3v) is 5.64. The van der Waals surface area contributed by atoms with Gasteiger partial charge in [-0.1, -0.05) is 12.1 Å². The highest BCUT2D eigenvalue weighted by Gasteiger charge is 2.24. The second-order valence-corrected chi connectivity index (χ2v) is 7.45. The smallest absolute Gasteiger partial charge is 0.337 e. The van der Waals surface area contributed by atoms with Crippen molar-refractivity contribution in [2.24, 2.45) is 0 Å². The van der Waals surface area contributed by atoms with Crippen molar-refractivity contribution in [3.05, 3.63) is 77.0 Å². The fourth-order valence-electron chi connectivity index (χ4n) is 4.07. The van der Waals surface area contributed by atoms with Gasteiger partial charge < -0.3 is 10.1 Å². The first-order chi connectivity index (χ1) is 15.2. The molecule has 1 aliphatic rings. The van der Waals surface area contributed by atoms with E-state index in [-0.39, 0.29) is 17.7 Å². The van der Waals surface area contributed by atoms with Crippen LogP contribution in [-0.4, -0.2) is 45.3 Å². The van der Waals surface area contributed by atoms with E-state index in [4.69, 9.17) is 4.74 Å². The molecule has 1 aliphatic heterocycles. The molecular formula is C23H21N5O3. The van der Waals surface area contributed by atoms with Gasteiger partial charge in [0.1, 0.15) is 0 Å². The lowest BCUT2D eigenvalue weighted by molar-refractivity contribution is 0.0601. The van der Waals surface area contributed by atoms with Crippen molar-refractivity contribution in [1.82, 2.24) is 24.4 Å². The third-order valence-electron chi connectivity index (χ3n) is 5.64. The van der Waals surface area contributed by atoms with Gasteiger partial charge in [-0.25, -0.2) is 14.6 Å². The fourth-order valence-corrected chi connectivity index (χ4v) is 4.07. The van der Waals surface area contributed by atoms with E-state index in [2.05, 4.69) is 15.3 Å². The van der Waals surface area contributed by atoms with Crippen molar-refractivity contribution in [2.45, 2.75) is 12.5 Å². The number of methoxy groups -OCH3 is 1. The number of benzene rings is 1. The highest BCUT2D eigenvalue weighted by molar-refractivity contribution is 5.89. The van der Waals surface area contributed by atoms with Gasteiger partial charge in [0, 0.05) is 18.3 Å². The maximum atomic E-state index is 13.3. The average molecular weight is 415 g/mol. The summed E-state index contributed by atoms with van der Waals surface area (Å²) in [4.78, 5) is 34.0. The Morgan fingerprint density at radius 2 is 1.97 bits per heavy atom. The van der Waals surface area contributed by atoms with Crippen LogP contribution in [0.3, 0.4) is 0 Å². The summed E-state index contributed by atoms with van der Waals surface area (Å²) in [5.41, 5.74) is 4.11.